The molecular weight excluding hydrogens is 352 g/mol. The van der Waals surface area contributed by atoms with Gasteiger partial charge in [0.1, 0.15) is 11.5 Å². The number of amides is 1. The number of rotatable bonds is 7. The molecule has 0 saturated heterocycles. The molecule has 0 aliphatic heterocycles. The third kappa shape index (κ3) is 4.68. The van der Waals surface area contributed by atoms with Crippen LogP contribution in [0.15, 0.2) is 65.8 Å². The van der Waals surface area contributed by atoms with E-state index in [1.54, 1.807) is 13.3 Å². The first-order valence-electron chi connectivity index (χ1n) is 9.19. The lowest BCUT2D eigenvalue weighted by molar-refractivity contribution is -0.123. The Morgan fingerprint density at radius 1 is 1.07 bits per heavy atom. The van der Waals surface area contributed by atoms with Crippen LogP contribution in [0.25, 0.3) is 10.8 Å². The van der Waals surface area contributed by atoms with Gasteiger partial charge in [-0.3, -0.25) is 4.79 Å². The zero-order valence-corrected chi connectivity index (χ0v) is 16.3. The highest BCUT2D eigenvalue weighted by atomic mass is 16.5. The van der Waals surface area contributed by atoms with Gasteiger partial charge >= 0.3 is 0 Å². The third-order valence-electron chi connectivity index (χ3n) is 4.45. The molecule has 1 amide bonds. The minimum absolute atomic E-state index is 0.106. The van der Waals surface area contributed by atoms with Gasteiger partial charge in [0.2, 0.25) is 0 Å². The summed E-state index contributed by atoms with van der Waals surface area (Å²) in [5, 5.41) is 6.14. The highest BCUT2D eigenvalue weighted by molar-refractivity contribution is 6.02. The molecule has 28 heavy (non-hydrogen) atoms. The topological polar surface area (TPSA) is 59.9 Å². The number of ether oxygens (including phenoxy) is 2. The van der Waals surface area contributed by atoms with Gasteiger partial charge in [0, 0.05) is 5.56 Å². The van der Waals surface area contributed by atoms with Crippen molar-refractivity contribution < 1.29 is 14.3 Å². The number of nitrogens with one attached hydrogen (secondary N) is 1. The number of hydrazone groups is 1. The van der Waals surface area contributed by atoms with Crippen molar-refractivity contribution in [3.63, 3.8) is 0 Å². The van der Waals surface area contributed by atoms with Crippen molar-refractivity contribution in [2.45, 2.75) is 19.8 Å². The standard InChI is InChI=1S/C23H24N2O3/c1-16(2)17-8-11-19(12-9-17)28-15-23(26)25-24-14-21-20-7-5-4-6-18(20)10-13-22(21)27-3/h4-14,16H,15H2,1-3H3,(H,25,26). The molecule has 3 rings (SSSR count). The average Bonchev–Trinajstić information content (AvgIpc) is 2.72. The van der Waals surface area contributed by atoms with Gasteiger partial charge in [-0.25, -0.2) is 5.43 Å². The zero-order chi connectivity index (χ0) is 19.9. The first kappa shape index (κ1) is 19.4. The van der Waals surface area contributed by atoms with Crippen LogP contribution in [0.4, 0.5) is 0 Å². The highest BCUT2D eigenvalue weighted by Gasteiger charge is 2.07. The summed E-state index contributed by atoms with van der Waals surface area (Å²) in [6, 6.07) is 19.6. The summed E-state index contributed by atoms with van der Waals surface area (Å²) < 4.78 is 10.9. The second kappa shape index (κ2) is 9.04. The molecular formula is C23H24N2O3. The molecule has 144 valence electrons. The van der Waals surface area contributed by atoms with Crippen molar-refractivity contribution in [1.82, 2.24) is 5.43 Å². The zero-order valence-electron chi connectivity index (χ0n) is 16.3. The normalized spacial score (nSPS) is 11.1. The Kier molecular flexibility index (Phi) is 6.27. The van der Waals surface area contributed by atoms with Crippen LogP contribution in [0, 0.1) is 0 Å². The fraction of sp³-hybridized carbons (Fsp3) is 0.217. The van der Waals surface area contributed by atoms with E-state index in [0.717, 1.165) is 16.3 Å². The molecule has 3 aromatic rings. The van der Waals surface area contributed by atoms with E-state index in [1.807, 2.05) is 60.7 Å². The molecule has 0 radical (unpaired) electrons. The summed E-state index contributed by atoms with van der Waals surface area (Å²) >= 11 is 0. The Labute approximate surface area is 165 Å². The first-order valence-corrected chi connectivity index (χ1v) is 9.19. The van der Waals surface area contributed by atoms with Gasteiger partial charge < -0.3 is 9.47 Å². The number of nitrogens with zero attached hydrogens (tertiary/aromatic N) is 1. The molecule has 0 spiro atoms. The van der Waals surface area contributed by atoms with E-state index in [1.165, 1.54) is 5.56 Å². The van der Waals surface area contributed by atoms with Crippen LogP contribution in [0.5, 0.6) is 11.5 Å². The smallest absolute Gasteiger partial charge is 0.277 e. The van der Waals surface area contributed by atoms with Crippen molar-refractivity contribution in [1.29, 1.82) is 0 Å². The van der Waals surface area contributed by atoms with E-state index in [-0.39, 0.29) is 12.5 Å². The third-order valence-corrected chi connectivity index (χ3v) is 4.45. The molecule has 0 atom stereocenters. The number of benzene rings is 3. The van der Waals surface area contributed by atoms with Crippen LogP contribution in [0.1, 0.15) is 30.9 Å². The van der Waals surface area contributed by atoms with Crippen LogP contribution < -0.4 is 14.9 Å². The van der Waals surface area contributed by atoms with Gasteiger partial charge in [-0.1, -0.05) is 56.3 Å². The van der Waals surface area contributed by atoms with Gasteiger partial charge in [-0.05, 0) is 40.5 Å². The number of hydrogen-bond donors (Lipinski definition) is 1. The lowest BCUT2D eigenvalue weighted by Crippen LogP contribution is -2.24. The monoisotopic (exact) mass is 376 g/mol. The molecule has 3 aromatic carbocycles. The number of carbonyl (C=O) groups excluding carboxylic acids is 1. The van der Waals surface area contributed by atoms with E-state index >= 15 is 0 Å². The number of carbonyl (C=O) groups is 1. The quantitative estimate of drug-likeness (QED) is 0.488. The van der Waals surface area contributed by atoms with Crippen LogP contribution in [0.3, 0.4) is 0 Å². The average molecular weight is 376 g/mol. The van der Waals surface area contributed by atoms with E-state index < -0.39 is 0 Å². The van der Waals surface area contributed by atoms with Crippen LogP contribution in [-0.2, 0) is 4.79 Å². The summed E-state index contributed by atoms with van der Waals surface area (Å²) in [5.41, 5.74) is 4.54. The van der Waals surface area contributed by atoms with Crippen molar-refractivity contribution in [3.05, 3.63) is 71.8 Å². The van der Waals surface area contributed by atoms with Crippen LogP contribution in [0.2, 0.25) is 0 Å². The van der Waals surface area contributed by atoms with E-state index in [9.17, 15) is 4.79 Å². The Hall–Kier alpha value is -3.34. The predicted octanol–water partition coefficient (Wildman–Crippen LogP) is 4.50. The summed E-state index contributed by atoms with van der Waals surface area (Å²) in [4.78, 5) is 12.0. The van der Waals surface area contributed by atoms with Crippen LogP contribution >= 0.6 is 0 Å². The maximum Gasteiger partial charge on any atom is 0.277 e. The largest absolute Gasteiger partial charge is 0.496 e. The van der Waals surface area contributed by atoms with Crippen molar-refractivity contribution >= 4 is 22.9 Å². The second-order valence-corrected chi connectivity index (χ2v) is 6.71. The summed E-state index contributed by atoms with van der Waals surface area (Å²) in [7, 11) is 1.61. The Morgan fingerprint density at radius 2 is 1.82 bits per heavy atom. The first-order chi connectivity index (χ1) is 13.6. The number of hydrogen-bond acceptors (Lipinski definition) is 4. The van der Waals surface area contributed by atoms with Crippen LogP contribution in [-0.4, -0.2) is 25.8 Å². The maximum atomic E-state index is 12.0. The summed E-state index contributed by atoms with van der Waals surface area (Å²) in [6.07, 6.45) is 1.59. The molecule has 0 saturated carbocycles. The fourth-order valence-electron chi connectivity index (χ4n) is 2.89. The molecule has 0 unspecified atom stereocenters. The molecule has 0 aromatic heterocycles. The molecule has 0 fully saturated rings. The van der Waals surface area contributed by atoms with E-state index in [4.69, 9.17) is 9.47 Å². The van der Waals surface area contributed by atoms with Crippen molar-refractivity contribution in [2.75, 3.05) is 13.7 Å². The molecule has 0 aliphatic carbocycles. The highest BCUT2D eigenvalue weighted by Crippen LogP contribution is 2.26. The SMILES string of the molecule is COc1ccc2ccccc2c1C=NNC(=O)COc1ccc(C(C)C)cc1. The fourth-order valence-corrected chi connectivity index (χ4v) is 2.89. The molecule has 0 bridgehead atoms. The van der Waals surface area contributed by atoms with Gasteiger partial charge in [-0.2, -0.15) is 5.10 Å². The minimum Gasteiger partial charge on any atom is -0.496 e. The Morgan fingerprint density at radius 3 is 2.54 bits per heavy atom. The maximum absolute atomic E-state index is 12.0. The Balaban J connectivity index is 1.61. The summed E-state index contributed by atoms with van der Waals surface area (Å²) in [6.45, 7) is 4.16. The second-order valence-electron chi connectivity index (χ2n) is 6.71. The molecule has 0 aliphatic rings. The van der Waals surface area contributed by atoms with Gasteiger partial charge in [0.25, 0.3) is 5.91 Å². The lowest BCUT2D eigenvalue weighted by atomic mass is 10.0. The number of fused-ring (bicyclic) bond motifs is 1. The molecule has 0 heterocycles. The predicted molar refractivity (Wildman–Crippen MR) is 112 cm³/mol. The molecule has 5 nitrogen and oxygen atoms in total. The summed E-state index contributed by atoms with van der Waals surface area (Å²) in [5.74, 6) is 1.47. The van der Waals surface area contributed by atoms with Gasteiger partial charge in [0.15, 0.2) is 6.61 Å². The number of methoxy groups -OCH3 is 1. The van der Waals surface area contributed by atoms with E-state index in [2.05, 4.69) is 24.4 Å². The molecule has 5 heteroatoms. The van der Waals surface area contributed by atoms with Gasteiger partial charge in [0.05, 0.1) is 13.3 Å². The lowest BCUT2D eigenvalue weighted by Gasteiger charge is -2.09. The van der Waals surface area contributed by atoms with E-state index in [0.29, 0.717) is 17.4 Å². The minimum atomic E-state index is -0.330. The van der Waals surface area contributed by atoms with Crippen molar-refractivity contribution in [2.24, 2.45) is 5.10 Å². The molecule has 1 N–H and O–H groups in total. The van der Waals surface area contributed by atoms with Gasteiger partial charge in [-0.15, -0.1) is 0 Å². The van der Waals surface area contributed by atoms with Crippen molar-refractivity contribution in [3.8, 4) is 11.5 Å². The Bertz CT molecular complexity index is 979.